The maximum absolute atomic E-state index is 12.4. The zero-order valence-electron chi connectivity index (χ0n) is 13.4. The van der Waals surface area contributed by atoms with Crippen molar-refractivity contribution >= 4 is 28.5 Å². The third kappa shape index (κ3) is 3.51. The summed E-state index contributed by atoms with van der Waals surface area (Å²) in [6, 6.07) is 11.5. The van der Waals surface area contributed by atoms with Gasteiger partial charge in [0.1, 0.15) is 16.9 Å². The molecule has 1 N–H and O–H groups in total. The molecule has 25 heavy (non-hydrogen) atoms. The topological polar surface area (TPSA) is 76.7 Å². The Morgan fingerprint density at radius 1 is 1.20 bits per heavy atom. The van der Waals surface area contributed by atoms with Gasteiger partial charge in [0, 0.05) is 16.5 Å². The third-order valence-corrected chi connectivity index (χ3v) is 4.02. The number of benzene rings is 2. The molecule has 0 saturated carbocycles. The summed E-state index contributed by atoms with van der Waals surface area (Å²) >= 11 is 5.91. The molecular formula is C19H15ClO5. The smallest absolute Gasteiger partial charge is 0.351 e. The van der Waals surface area contributed by atoms with Gasteiger partial charge in [-0.2, -0.15) is 0 Å². The number of carbonyl (C=O) groups excluding carboxylic acids is 1. The minimum absolute atomic E-state index is 0.0306. The molecule has 0 fully saturated rings. The monoisotopic (exact) mass is 358 g/mol. The SMILES string of the molecule is CCOC(=O)c1c(Cc2ccc(Cl)cc2)c2ccc(O)cc2oc1=O. The number of phenols is 1. The lowest BCUT2D eigenvalue weighted by molar-refractivity contribution is 0.0520. The zero-order chi connectivity index (χ0) is 18.0. The van der Waals surface area contributed by atoms with Crippen LogP contribution in [0.25, 0.3) is 11.0 Å². The highest BCUT2D eigenvalue weighted by atomic mass is 35.5. The first-order valence-electron chi connectivity index (χ1n) is 7.70. The van der Waals surface area contributed by atoms with E-state index in [1.54, 1.807) is 25.1 Å². The number of carbonyl (C=O) groups is 1. The van der Waals surface area contributed by atoms with Crippen LogP contribution >= 0.6 is 11.6 Å². The lowest BCUT2D eigenvalue weighted by Crippen LogP contribution is -2.20. The van der Waals surface area contributed by atoms with Gasteiger partial charge in [0.2, 0.25) is 0 Å². The number of halogens is 1. The molecule has 3 rings (SSSR count). The number of esters is 1. The molecule has 5 nitrogen and oxygen atoms in total. The van der Waals surface area contributed by atoms with Crippen LogP contribution in [0, 0.1) is 0 Å². The van der Waals surface area contributed by atoms with Crippen molar-refractivity contribution in [2.45, 2.75) is 13.3 Å². The summed E-state index contributed by atoms with van der Waals surface area (Å²) in [5.41, 5.74) is 0.652. The second-order valence-corrected chi connectivity index (χ2v) is 5.88. The molecule has 0 unspecified atom stereocenters. The Bertz CT molecular complexity index is 989. The number of aromatic hydroxyl groups is 1. The van der Waals surface area contributed by atoms with Gasteiger partial charge in [-0.25, -0.2) is 9.59 Å². The molecule has 0 atom stereocenters. The molecule has 0 amide bonds. The number of hydrogen-bond acceptors (Lipinski definition) is 5. The van der Waals surface area contributed by atoms with Crippen LogP contribution < -0.4 is 5.63 Å². The van der Waals surface area contributed by atoms with Crippen molar-refractivity contribution in [2.75, 3.05) is 6.61 Å². The molecule has 2 aromatic carbocycles. The molecule has 128 valence electrons. The number of hydrogen-bond donors (Lipinski definition) is 1. The van der Waals surface area contributed by atoms with Gasteiger partial charge < -0.3 is 14.3 Å². The minimum Gasteiger partial charge on any atom is -0.508 e. The van der Waals surface area contributed by atoms with E-state index in [1.807, 2.05) is 12.1 Å². The van der Waals surface area contributed by atoms with E-state index in [2.05, 4.69) is 0 Å². The fraction of sp³-hybridized carbons (Fsp3) is 0.158. The Morgan fingerprint density at radius 3 is 2.60 bits per heavy atom. The molecule has 1 heterocycles. The third-order valence-electron chi connectivity index (χ3n) is 3.77. The fourth-order valence-corrected chi connectivity index (χ4v) is 2.78. The number of phenolic OH excluding ortho intramolecular Hbond substituents is 1. The summed E-state index contributed by atoms with van der Waals surface area (Å²) in [4.78, 5) is 24.6. The van der Waals surface area contributed by atoms with Crippen LogP contribution in [0.4, 0.5) is 0 Å². The van der Waals surface area contributed by atoms with Crippen LogP contribution in [0.5, 0.6) is 5.75 Å². The van der Waals surface area contributed by atoms with Crippen LogP contribution in [-0.4, -0.2) is 17.7 Å². The molecule has 0 radical (unpaired) electrons. The Labute approximate surface area is 148 Å². The van der Waals surface area contributed by atoms with Crippen LogP contribution in [0.3, 0.4) is 0 Å². The second-order valence-electron chi connectivity index (χ2n) is 5.45. The average molecular weight is 359 g/mol. The van der Waals surface area contributed by atoms with Crippen LogP contribution in [0.2, 0.25) is 5.02 Å². The van der Waals surface area contributed by atoms with Gasteiger partial charge in [-0.3, -0.25) is 0 Å². The summed E-state index contributed by atoms with van der Waals surface area (Å²) in [5.74, 6) is -0.757. The average Bonchev–Trinajstić information content (AvgIpc) is 2.56. The van der Waals surface area contributed by atoms with E-state index in [-0.39, 0.29) is 23.5 Å². The summed E-state index contributed by atoms with van der Waals surface area (Å²) in [7, 11) is 0. The van der Waals surface area contributed by atoms with Crippen LogP contribution in [0.15, 0.2) is 51.7 Å². The van der Waals surface area contributed by atoms with Gasteiger partial charge in [0.15, 0.2) is 0 Å². The van der Waals surface area contributed by atoms with Gasteiger partial charge in [-0.15, -0.1) is 0 Å². The molecule has 1 aromatic heterocycles. The summed E-state index contributed by atoms with van der Waals surface area (Å²) in [6.45, 7) is 1.81. The first-order chi connectivity index (χ1) is 12.0. The summed E-state index contributed by atoms with van der Waals surface area (Å²) in [5, 5.41) is 10.8. The molecule has 6 heteroatoms. The van der Waals surface area contributed by atoms with E-state index in [9.17, 15) is 14.7 Å². The van der Waals surface area contributed by atoms with Crippen molar-refractivity contribution in [1.29, 1.82) is 0 Å². The number of ether oxygens (including phenoxy) is 1. The van der Waals surface area contributed by atoms with E-state index in [0.717, 1.165) is 5.56 Å². The number of fused-ring (bicyclic) bond motifs is 1. The molecule has 0 bridgehead atoms. The van der Waals surface area contributed by atoms with E-state index in [4.69, 9.17) is 20.8 Å². The Hall–Kier alpha value is -2.79. The van der Waals surface area contributed by atoms with Crippen molar-refractivity contribution in [1.82, 2.24) is 0 Å². The lowest BCUT2D eigenvalue weighted by Gasteiger charge is -2.11. The van der Waals surface area contributed by atoms with Gasteiger partial charge in [-0.05, 0) is 48.7 Å². The zero-order valence-corrected chi connectivity index (χ0v) is 14.2. The van der Waals surface area contributed by atoms with Gasteiger partial charge in [0.05, 0.1) is 6.61 Å². The molecule has 0 aliphatic heterocycles. The fourth-order valence-electron chi connectivity index (χ4n) is 2.65. The predicted octanol–water partition coefficient (Wildman–Crippen LogP) is 3.92. The molecular weight excluding hydrogens is 344 g/mol. The van der Waals surface area contributed by atoms with Crippen molar-refractivity contribution < 1.29 is 19.1 Å². The first-order valence-corrected chi connectivity index (χ1v) is 8.07. The maximum atomic E-state index is 12.4. The maximum Gasteiger partial charge on any atom is 0.351 e. The Kier molecular flexibility index (Phi) is 4.76. The normalized spacial score (nSPS) is 10.8. The highest BCUT2D eigenvalue weighted by Gasteiger charge is 2.22. The van der Waals surface area contributed by atoms with Crippen molar-refractivity contribution in [3.05, 3.63) is 74.6 Å². The standard InChI is InChI=1S/C19H15ClO5/c1-2-24-18(22)17-15(9-11-3-5-12(20)6-4-11)14-8-7-13(21)10-16(14)25-19(17)23/h3-8,10,21H,2,9H2,1H3. The minimum atomic E-state index is -0.791. The van der Waals surface area contributed by atoms with E-state index < -0.39 is 11.6 Å². The second kappa shape index (κ2) is 6.99. The molecule has 0 aliphatic carbocycles. The lowest BCUT2D eigenvalue weighted by atomic mass is 9.97. The summed E-state index contributed by atoms with van der Waals surface area (Å²) < 4.78 is 10.2. The quantitative estimate of drug-likeness (QED) is 0.565. The largest absolute Gasteiger partial charge is 0.508 e. The van der Waals surface area contributed by atoms with E-state index >= 15 is 0 Å². The molecule has 0 saturated heterocycles. The molecule has 0 spiro atoms. The highest BCUT2D eigenvalue weighted by Crippen LogP contribution is 2.27. The highest BCUT2D eigenvalue weighted by molar-refractivity contribution is 6.30. The predicted molar refractivity (Wildman–Crippen MR) is 94.4 cm³/mol. The van der Waals surface area contributed by atoms with Crippen molar-refractivity contribution in [3.8, 4) is 5.75 Å². The van der Waals surface area contributed by atoms with Crippen molar-refractivity contribution in [3.63, 3.8) is 0 Å². The van der Waals surface area contributed by atoms with Gasteiger partial charge >= 0.3 is 11.6 Å². The summed E-state index contributed by atoms with van der Waals surface area (Å²) in [6.07, 6.45) is 0.318. The van der Waals surface area contributed by atoms with Crippen LogP contribution in [0.1, 0.15) is 28.4 Å². The molecule has 3 aromatic rings. The molecule has 0 aliphatic rings. The van der Waals surface area contributed by atoms with Crippen molar-refractivity contribution in [2.24, 2.45) is 0 Å². The van der Waals surface area contributed by atoms with E-state index in [0.29, 0.717) is 22.4 Å². The van der Waals surface area contributed by atoms with E-state index in [1.165, 1.54) is 12.1 Å². The number of rotatable bonds is 4. The Morgan fingerprint density at radius 2 is 1.92 bits per heavy atom. The van der Waals surface area contributed by atoms with Gasteiger partial charge in [0.25, 0.3) is 0 Å². The van der Waals surface area contributed by atoms with Gasteiger partial charge in [-0.1, -0.05) is 23.7 Å². The van der Waals surface area contributed by atoms with Crippen LogP contribution in [-0.2, 0) is 11.2 Å². The first kappa shape index (κ1) is 17.0. The Balaban J connectivity index is 2.23.